The van der Waals surface area contributed by atoms with E-state index in [1.807, 2.05) is 0 Å². The van der Waals surface area contributed by atoms with Crippen LogP contribution in [0.15, 0.2) is 0 Å². The molecule has 1 saturated carbocycles. The summed E-state index contributed by atoms with van der Waals surface area (Å²) in [6.45, 7) is 10.9. The quantitative estimate of drug-likeness (QED) is 0.799. The van der Waals surface area contributed by atoms with Gasteiger partial charge in [0.2, 0.25) is 0 Å². The summed E-state index contributed by atoms with van der Waals surface area (Å²) < 4.78 is 0. The molecule has 0 aromatic heterocycles. The fourth-order valence-electron chi connectivity index (χ4n) is 4.19. The lowest BCUT2D eigenvalue weighted by Crippen LogP contribution is -2.59. The Morgan fingerprint density at radius 3 is 2.20 bits per heavy atom. The predicted molar refractivity (Wildman–Crippen MR) is 87.2 cm³/mol. The van der Waals surface area contributed by atoms with Gasteiger partial charge in [0.1, 0.15) is 0 Å². The zero-order valence-electron chi connectivity index (χ0n) is 14.2. The van der Waals surface area contributed by atoms with Gasteiger partial charge in [-0.15, -0.1) is 0 Å². The highest BCUT2D eigenvalue weighted by Gasteiger charge is 2.37. The Morgan fingerprint density at radius 1 is 1.00 bits per heavy atom. The minimum atomic E-state index is 0.323. The number of hydrogen-bond donors (Lipinski definition) is 1. The zero-order chi connectivity index (χ0) is 14.6. The Hall–Kier alpha value is -0.120. The molecule has 1 aliphatic carbocycles. The molecular formula is C17H35N3. The van der Waals surface area contributed by atoms with Crippen molar-refractivity contribution in [2.24, 2.45) is 5.41 Å². The van der Waals surface area contributed by atoms with E-state index in [4.69, 9.17) is 0 Å². The van der Waals surface area contributed by atoms with Crippen LogP contribution in [-0.4, -0.2) is 62.2 Å². The Labute approximate surface area is 126 Å². The summed E-state index contributed by atoms with van der Waals surface area (Å²) in [6.07, 6.45) is 8.58. The summed E-state index contributed by atoms with van der Waals surface area (Å²) in [5, 5.41) is 3.49. The molecule has 2 aliphatic rings. The van der Waals surface area contributed by atoms with E-state index in [1.54, 1.807) is 0 Å². The van der Waals surface area contributed by atoms with Crippen LogP contribution in [0.2, 0.25) is 0 Å². The zero-order valence-corrected chi connectivity index (χ0v) is 14.2. The number of rotatable bonds is 4. The van der Waals surface area contributed by atoms with Gasteiger partial charge >= 0.3 is 0 Å². The number of nitrogens with zero attached hydrogens (tertiary/aromatic N) is 2. The number of nitrogens with one attached hydrogen (secondary N) is 1. The smallest absolute Gasteiger partial charge is 0.0277 e. The molecule has 2 rings (SSSR count). The van der Waals surface area contributed by atoms with Crippen molar-refractivity contribution in [3.05, 3.63) is 0 Å². The first-order valence-corrected chi connectivity index (χ1v) is 8.56. The minimum absolute atomic E-state index is 0.323. The molecule has 20 heavy (non-hydrogen) atoms. The summed E-state index contributed by atoms with van der Waals surface area (Å²) in [5.74, 6) is 0. The number of piperazine rings is 1. The highest BCUT2D eigenvalue weighted by atomic mass is 15.3. The lowest BCUT2D eigenvalue weighted by atomic mass is 9.79. The predicted octanol–water partition coefficient (Wildman–Crippen LogP) is 2.57. The fourth-order valence-corrected chi connectivity index (χ4v) is 4.19. The maximum atomic E-state index is 3.49. The second-order valence-corrected chi connectivity index (χ2v) is 7.89. The van der Waals surface area contributed by atoms with Gasteiger partial charge in [0, 0.05) is 38.3 Å². The SMILES string of the molecule is CNCC1(CN2CCN(C)C(C)(C)C2)CCCCCC1. The molecule has 1 N–H and O–H groups in total. The topological polar surface area (TPSA) is 18.5 Å². The van der Waals surface area contributed by atoms with Crippen LogP contribution in [0.3, 0.4) is 0 Å². The van der Waals surface area contributed by atoms with Crippen molar-refractivity contribution in [2.45, 2.75) is 57.9 Å². The first-order valence-electron chi connectivity index (χ1n) is 8.56. The average Bonchev–Trinajstić information content (AvgIpc) is 2.60. The van der Waals surface area contributed by atoms with Crippen molar-refractivity contribution in [2.75, 3.05) is 46.8 Å². The molecule has 0 radical (unpaired) electrons. The minimum Gasteiger partial charge on any atom is -0.319 e. The molecule has 3 heteroatoms. The highest BCUT2D eigenvalue weighted by molar-refractivity contribution is 4.93. The van der Waals surface area contributed by atoms with Crippen molar-refractivity contribution >= 4 is 0 Å². The van der Waals surface area contributed by atoms with Crippen LogP contribution in [0.25, 0.3) is 0 Å². The van der Waals surface area contributed by atoms with Crippen molar-refractivity contribution in [1.82, 2.24) is 15.1 Å². The third-order valence-corrected chi connectivity index (χ3v) is 5.67. The first-order chi connectivity index (χ1) is 9.47. The van der Waals surface area contributed by atoms with Gasteiger partial charge < -0.3 is 5.32 Å². The van der Waals surface area contributed by atoms with Crippen LogP contribution in [0.5, 0.6) is 0 Å². The van der Waals surface area contributed by atoms with Crippen LogP contribution < -0.4 is 5.32 Å². The third-order valence-electron chi connectivity index (χ3n) is 5.67. The molecule has 2 fully saturated rings. The average molecular weight is 281 g/mol. The summed E-state index contributed by atoms with van der Waals surface area (Å²) >= 11 is 0. The molecule has 1 aliphatic heterocycles. The van der Waals surface area contributed by atoms with Crippen molar-refractivity contribution < 1.29 is 0 Å². The van der Waals surface area contributed by atoms with E-state index in [2.05, 4.69) is 43.1 Å². The number of likely N-dealkylation sites (N-methyl/N-ethyl adjacent to an activating group) is 1. The van der Waals surface area contributed by atoms with Gasteiger partial charge in [-0.1, -0.05) is 25.7 Å². The lowest BCUT2D eigenvalue weighted by molar-refractivity contribution is 0.0123. The van der Waals surface area contributed by atoms with Gasteiger partial charge in [0.05, 0.1) is 0 Å². The van der Waals surface area contributed by atoms with Gasteiger partial charge in [-0.2, -0.15) is 0 Å². The molecule has 0 spiro atoms. The van der Waals surface area contributed by atoms with Gasteiger partial charge in [0.25, 0.3) is 0 Å². The van der Waals surface area contributed by atoms with Gasteiger partial charge in [-0.05, 0) is 46.2 Å². The first kappa shape index (κ1) is 16.3. The van der Waals surface area contributed by atoms with Crippen LogP contribution >= 0.6 is 0 Å². The van der Waals surface area contributed by atoms with E-state index in [-0.39, 0.29) is 0 Å². The molecular weight excluding hydrogens is 246 g/mol. The maximum absolute atomic E-state index is 3.49. The molecule has 0 aromatic rings. The lowest BCUT2D eigenvalue weighted by Gasteiger charge is -2.48. The Bertz CT molecular complexity index is 293. The second-order valence-electron chi connectivity index (χ2n) is 7.89. The maximum Gasteiger partial charge on any atom is 0.0277 e. The van der Waals surface area contributed by atoms with E-state index >= 15 is 0 Å². The third kappa shape index (κ3) is 3.96. The fraction of sp³-hybridized carbons (Fsp3) is 1.00. The Kier molecular flexibility index (Phi) is 5.49. The van der Waals surface area contributed by atoms with Crippen LogP contribution in [-0.2, 0) is 0 Å². The van der Waals surface area contributed by atoms with Gasteiger partial charge in [0.15, 0.2) is 0 Å². The molecule has 0 bridgehead atoms. The van der Waals surface area contributed by atoms with Crippen molar-refractivity contribution in [1.29, 1.82) is 0 Å². The molecule has 118 valence electrons. The van der Waals surface area contributed by atoms with E-state index < -0.39 is 0 Å². The summed E-state index contributed by atoms with van der Waals surface area (Å²) in [5.41, 5.74) is 0.848. The molecule has 0 atom stereocenters. The summed E-state index contributed by atoms with van der Waals surface area (Å²) in [4.78, 5) is 5.25. The van der Waals surface area contributed by atoms with E-state index in [0.29, 0.717) is 11.0 Å². The standard InChI is InChI=1S/C17H35N3/c1-16(2)14-20(12-11-19(16)4)15-17(13-18-3)9-7-5-6-8-10-17/h18H,5-15H2,1-4H3. The van der Waals surface area contributed by atoms with Crippen LogP contribution in [0.1, 0.15) is 52.4 Å². The van der Waals surface area contributed by atoms with Crippen molar-refractivity contribution in [3.63, 3.8) is 0 Å². The molecule has 1 heterocycles. The molecule has 0 amide bonds. The van der Waals surface area contributed by atoms with Crippen molar-refractivity contribution in [3.8, 4) is 0 Å². The number of hydrogen-bond acceptors (Lipinski definition) is 3. The largest absolute Gasteiger partial charge is 0.319 e. The molecule has 0 unspecified atom stereocenters. The van der Waals surface area contributed by atoms with E-state index in [9.17, 15) is 0 Å². The summed E-state index contributed by atoms with van der Waals surface area (Å²) in [6, 6.07) is 0. The molecule has 0 aromatic carbocycles. The summed E-state index contributed by atoms with van der Waals surface area (Å²) in [7, 11) is 4.40. The normalized spacial score (nSPS) is 28.2. The van der Waals surface area contributed by atoms with Crippen LogP contribution in [0, 0.1) is 5.41 Å². The highest BCUT2D eigenvalue weighted by Crippen LogP contribution is 2.36. The monoisotopic (exact) mass is 281 g/mol. The molecule has 1 saturated heterocycles. The van der Waals surface area contributed by atoms with Gasteiger partial charge in [-0.25, -0.2) is 0 Å². The van der Waals surface area contributed by atoms with Crippen LogP contribution in [0.4, 0.5) is 0 Å². The van der Waals surface area contributed by atoms with E-state index in [1.165, 1.54) is 71.2 Å². The van der Waals surface area contributed by atoms with Gasteiger partial charge in [-0.3, -0.25) is 9.80 Å². The van der Waals surface area contributed by atoms with E-state index in [0.717, 1.165) is 0 Å². The Morgan fingerprint density at radius 2 is 1.65 bits per heavy atom. The molecule has 3 nitrogen and oxygen atoms in total. The second kappa shape index (κ2) is 6.76. The Balaban J connectivity index is 2.00.